The first-order chi connectivity index (χ1) is 6.45. The van der Waals surface area contributed by atoms with E-state index >= 15 is 0 Å². The number of hydrogen-bond acceptors (Lipinski definition) is 2. The number of aliphatic hydroxyl groups excluding tert-OH is 1. The van der Waals surface area contributed by atoms with E-state index in [4.69, 9.17) is 0 Å². The van der Waals surface area contributed by atoms with Crippen LogP contribution >= 0.6 is 0 Å². The van der Waals surface area contributed by atoms with E-state index in [1.54, 1.807) is 0 Å². The molecule has 0 heterocycles. The van der Waals surface area contributed by atoms with Gasteiger partial charge in [0.25, 0.3) is 0 Å². The molecule has 1 rings (SSSR count). The lowest BCUT2D eigenvalue weighted by molar-refractivity contribution is 0.0753. The zero-order valence-corrected chi connectivity index (χ0v) is 10.0. The first-order valence-corrected chi connectivity index (χ1v) is 5.50. The van der Waals surface area contributed by atoms with Crippen molar-refractivity contribution in [1.29, 1.82) is 0 Å². The van der Waals surface area contributed by atoms with E-state index in [0.717, 1.165) is 18.5 Å². The van der Waals surface area contributed by atoms with Crippen LogP contribution < -0.4 is 0 Å². The highest BCUT2D eigenvalue weighted by Crippen LogP contribution is 2.34. The Morgan fingerprint density at radius 1 is 1.36 bits per heavy atom. The second-order valence-electron chi connectivity index (χ2n) is 4.95. The first-order valence-electron chi connectivity index (χ1n) is 5.50. The summed E-state index contributed by atoms with van der Waals surface area (Å²) in [6.07, 6.45) is 1.99. The van der Waals surface area contributed by atoms with Crippen LogP contribution in [0, 0.1) is 11.8 Å². The highest BCUT2D eigenvalue weighted by atomic mass is 16.3. The van der Waals surface area contributed by atoms with Gasteiger partial charge in [-0.1, -0.05) is 19.4 Å². The molecule has 14 heavy (non-hydrogen) atoms. The summed E-state index contributed by atoms with van der Waals surface area (Å²) in [5, 5.41) is 10.2. The van der Waals surface area contributed by atoms with Crippen LogP contribution in [-0.2, 0) is 0 Å². The average Bonchev–Trinajstić information content (AvgIpc) is 2.02. The number of hydrogen-bond donors (Lipinski definition) is 1. The summed E-state index contributed by atoms with van der Waals surface area (Å²) < 4.78 is 0. The van der Waals surface area contributed by atoms with E-state index in [0.29, 0.717) is 11.8 Å². The van der Waals surface area contributed by atoms with Crippen molar-refractivity contribution in [2.24, 2.45) is 11.8 Å². The summed E-state index contributed by atoms with van der Waals surface area (Å²) in [5.41, 5.74) is 2.48. The normalized spacial score (nSPS) is 28.5. The van der Waals surface area contributed by atoms with Crippen LogP contribution in [0.15, 0.2) is 11.3 Å². The Hall–Kier alpha value is -0.500. The van der Waals surface area contributed by atoms with Crippen LogP contribution in [0.5, 0.6) is 0 Å². The van der Waals surface area contributed by atoms with E-state index in [9.17, 15) is 5.11 Å². The van der Waals surface area contributed by atoms with Crippen LogP contribution in [0.1, 0.15) is 33.6 Å². The molecule has 0 amide bonds. The van der Waals surface area contributed by atoms with Crippen molar-refractivity contribution >= 4 is 0 Å². The summed E-state index contributed by atoms with van der Waals surface area (Å²) in [7, 11) is 4.04. The second kappa shape index (κ2) is 4.35. The molecule has 0 aliphatic heterocycles. The summed E-state index contributed by atoms with van der Waals surface area (Å²) in [6.45, 7) is 6.53. The molecule has 82 valence electrons. The number of likely N-dealkylation sites (N-methyl/N-ethyl adjacent to an activating group) is 1. The lowest BCUT2D eigenvalue weighted by Crippen LogP contribution is -2.36. The Morgan fingerprint density at radius 3 is 2.36 bits per heavy atom. The minimum Gasteiger partial charge on any atom is -0.387 e. The molecule has 2 nitrogen and oxygen atoms in total. The number of allylic oxidation sites excluding steroid dienone is 1. The summed E-state index contributed by atoms with van der Waals surface area (Å²) in [4.78, 5) is 2.06. The molecule has 0 bridgehead atoms. The zero-order chi connectivity index (χ0) is 10.9. The predicted molar refractivity (Wildman–Crippen MR) is 60.0 cm³/mol. The van der Waals surface area contributed by atoms with Crippen molar-refractivity contribution in [2.45, 2.75) is 39.7 Å². The van der Waals surface area contributed by atoms with Crippen LogP contribution in [0.3, 0.4) is 0 Å². The van der Waals surface area contributed by atoms with Gasteiger partial charge in [-0.25, -0.2) is 0 Å². The maximum absolute atomic E-state index is 10.2. The third kappa shape index (κ3) is 2.11. The van der Waals surface area contributed by atoms with Gasteiger partial charge in [0.05, 0.1) is 6.10 Å². The average molecular weight is 197 g/mol. The van der Waals surface area contributed by atoms with E-state index in [1.165, 1.54) is 5.57 Å². The largest absolute Gasteiger partial charge is 0.387 e. The maximum atomic E-state index is 10.2. The van der Waals surface area contributed by atoms with Crippen LogP contribution in [-0.4, -0.2) is 30.2 Å². The quantitative estimate of drug-likeness (QED) is 0.734. The molecule has 0 spiro atoms. The van der Waals surface area contributed by atoms with Crippen molar-refractivity contribution < 1.29 is 5.11 Å². The molecular weight excluding hydrogens is 174 g/mol. The van der Waals surface area contributed by atoms with Gasteiger partial charge in [0.2, 0.25) is 0 Å². The van der Waals surface area contributed by atoms with E-state index in [2.05, 4.69) is 25.7 Å². The molecule has 1 aliphatic rings. The second-order valence-corrected chi connectivity index (χ2v) is 4.95. The first kappa shape index (κ1) is 11.6. The molecule has 0 saturated carbocycles. The van der Waals surface area contributed by atoms with Gasteiger partial charge < -0.3 is 10.0 Å². The topological polar surface area (TPSA) is 23.5 Å². The minimum atomic E-state index is -0.265. The fourth-order valence-electron chi connectivity index (χ4n) is 2.47. The molecule has 2 atom stereocenters. The van der Waals surface area contributed by atoms with Gasteiger partial charge in [-0.15, -0.1) is 0 Å². The third-order valence-corrected chi connectivity index (χ3v) is 3.31. The van der Waals surface area contributed by atoms with E-state index < -0.39 is 0 Å². The maximum Gasteiger partial charge on any atom is 0.0966 e. The lowest BCUT2D eigenvalue weighted by Gasteiger charge is -2.37. The van der Waals surface area contributed by atoms with Gasteiger partial charge in [0.15, 0.2) is 0 Å². The lowest BCUT2D eigenvalue weighted by atomic mass is 9.78. The fourth-order valence-corrected chi connectivity index (χ4v) is 2.47. The SMILES string of the molecule is CC1=C(N(C)C)C(O)C(C(C)C)CC1. The highest BCUT2D eigenvalue weighted by molar-refractivity contribution is 5.19. The van der Waals surface area contributed by atoms with E-state index in [-0.39, 0.29) is 6.10 Å². The smallest absolute Gasteiger partial charge is 0.0966 e. The van der Waals surface area contributed by atoms with Crippen molar-refractivity contribution in [3.8, 4) is 0 Å². The molecule has 1 aliphatic carbocycles. The molecule has 0 fully saturated rings. The van der Waals surface area contributed by atoms with Crippen molar-refractivity contribution in [2.75, 3.05) is 14.1 Å². The molecule has 1 N–H and O–H groups in total. The molecule has 0 aromatic heterocycles. The molecule has 0 saturated heterocycles. The molecule has 0 radical (unpaired) electrons. The van der Waals surface area contributed by atoms with Crippen LogP contribution in [0.25, 0.3) is 0 Å². The Kier molecular flexibility index (Phi) is 3.59. The number of rotatable bonds is 2. The van der Waals surface area contributed by atoms with Crippen molar-refractivity contribution in [3.63, 3.8) is 0 Å². The minimum absolute atomic E-state index is 0.265. The Balaban J connectivity index is 2.90. The van der Waals surface area contributed by atoms with Crippen molar-refractivity contribution in [1.82, 2.24) is 4.90 Å². The van der Waals surface area contributed by atoms with E-state index in [1.807, 2.05) is 14.1 Å². The fraction of sp³-hybridized carbons (Fsp3) is 0.833. The van der Waals surface area contributed by atoms with Gasteiger partial charge in [0.1, 0.15) is 0 Å². The predicted octanol–water partition coefficient (Wildman–Crippen LogP) is 2.25. The van der Waals surface area contributed by atoms with Crippen LogP contribution in [0.2, 0.25) is 0 Å². The summed E-state index contributed by atoms with van der Waals surface area (Å²) in [5.74, 6) is 0.990. The number of nitrogens with zero attached hydrogens (tertiary/aromatic N) is 1. The Bertz CT molecular complexity index is 230. The third-order valence-electron chi connectivity index (χ3n) is 3.31. The highest BCUT2D eigenvalue weighted by Gasteiger charge is 2.31. The Labute approximate surface area is 87.6 Å². The Morgan fingerprint density at radius 2 is 1.93 bits per heavy atom. The molecule has 0 aromatic carbocycles. The van der Waals surface area contributed by atoms with Gasteiger partial charge >= 0.3 is 0 Å². The van der Waals surface area contributed by atoms with Gasteiger partial charge in [0, 0.05) is 19.8 Å². The van der Waals surface area contributed by atoms with Gasteiger partial charge in [-0.2, -0.15) is 0 Å². The molecule has 2 unspecified atom stereocenters. The molecule has 2 heteroatoms. The summed E-state index contributed by atoms with van der Waals surface area (Å²) in [6, 6.07) is 0. The monoisotopic (exact) mass is 197 g/mol. The van der Waals surface area contributed by atoms with Gasteiger partial charge in [-0.05, 0) is 31.6 Å². The standard InChI is InChI=1S/C12H23NO/c1-8(2)10-7-6-9(3)11(12(10)14)13(4)5/h8,10,12,14H,6-7H2,1-5H3. The molecule has 0 aromatic rings. The van der Waals surface area contributed by atoms with Crippen molar-refractivity contribution in [3.05, 3.63) is 11.3 Å². The summed E-state index contributed by atoms with van der Waals surface area (Å²) >= 11 is 0. The number of aliphatic hydroxyl groups is 1. The zero-order valence-electron chi connectivity index (χ0n) is 10.0. The molecular formula is C12H23NO. The van der Waals surface area contributed by atoms with Crippen LogP contribution in [0.4, 0.5) is 0 Å². The van der Waals surface area contributed by atoms with Gasteiger partial charge in [-0.3, -0.25) is 0 Å².